The standard InChI is InChI=1S/C12H15F2NO3S/c13-8-5-9(14)7-12(6-8)19(17,18)15-10-1-3-11(16)4-2-10/h5-7,10-11,15-16H,1-4H2. The number of hydrogen-bond donors (Lipinski definition) is 2. The Balaban J connectivity index is 2.14. The van der Waals surface area contributed by atoms with E-state index in [1.165, 1.54) is 0 Å². The molecule has 2 rings (SSSR count). The highest BCUT2D eigenvalue weighted by atomic mass is 32.2. The second-order valence-corrected chi connectivity index (χ2v) is 6.45. The summed E-state index contributed by atoms with van der Waals surface area (Å²) in [5.41, 5.74) is 0. The van der Waals surface area contributed by atoms with Gasteiger partial charge in [-0.05, 0) is 37.8 Å². The van der Waals surface area contributed by atoms with Gasteiger partial charge in [0.1, 0.15) is 11.6 Å². The van der Waals surface area contributed by atoms with Gasteiger partial charge in [0.25, 0.3) is 0 Å². The zero-order valence-electron chi connectivity index (χ0n) is 10.1. The van der Waals surface area contributed by atoms with Crippen molar-refractivity contribution in [1.82, 2.24) is 4.72 Å². The van der Waals surface area contributed by atoms with Gasteiger partial charge in [-0.3, -0.25) is 0 Å². The van der Waals surface area contributed by atoms with Crippen LogP contribution in [0, 0.1) is 11.6 Å². The number of aliphatic hydroxyl groups excluding tert-OH is 1. The molecule has 106 valence electrons. The van der Waals surface area contributed by atoms with Gasteiger partial charge in [-0.25, -0.2) is 21.9 Å². The summed E-state index contributed by atoms with van der Waals surface area (Å²) in [6.45, 7) is 0. The molecule has 1 aliphatic carbocycles. The fourth-order valence-corrected chi connectivity index (χ4v) is 3.51. The van der Waals surface area contributed by atoms with Crippen molar-refractivity contribution in [3.05, 3.63) is 29.8 Å². The molecule has 1 aromatic rings. The minimum absolute atomic E-state index is 0.306. The van der Waals surface area contributed by atoms with Crippen LogP contribution in [0.15, 0.2) is 23.1 Å². The van der Waals surface area contributed by atoms with Crippen molar-refractivity contribution in [2.45, 2.75) is 42.7 Å². The topological polar surface area (TPSA) is 66.4 Å². The summed E-state index contributed by atoms with van der Waals surface area (Å²) in [5.74, 6) is -1.86. The first-order valence-electron chi connectivity index (χ1n) is 6.03. The molecule has 19 heavy (non-hydrogen) atoms. The lowest BCUT2D eigenvalue weighted by molar-refractivity contribution is 0.120. The number of hydrogen-bond acceptors (Lipinski definition) is 3. The van der Waals surface area contributed by atoms with E-state index >= 15 is 0 Å². The summed E-state index contributed by atoms with van der Waals surface area (Å²) in [6, 6.07) is 1.88. The van der Waals surface area contributed by atoms with E-state index in [1.807, 2.05) is 0 Å². The SMILES string of the molecule is O=S(=O)(NC1CCC(O)CC1)c1cc(F)cc(F)c1. The molecule has 0 radical (unpaired) electrons. The number of benzene rings is 1. The summed E-state index contributed by atoms with van der Waals surface area (Å²) >= 11 is 0. The Morgan fingerprint density at radius 2 is 1.58 bits per heavy atom. The van der Waals surface area contributed by atoms with Gasteiger partial charge in [0.05, 0.1) is 11.0 Å². The van der Waals surface area contributed by atoms with Gasteiger partial charge in [-0.2, -0.15) is 0 Å². The molecule has 0 saturated heterocycles. The molecular formula is C12H15F2NO3S. The van der Waals surface area contributed by atoms with Gasteiger partial charge in [0.2, 0.25) is 10.0 Å². The maximum absolute atomic E-state index is 13.0. The van der Waals surface area contributed by atoms with Gasteiger partial charge in [0, 0.05) is 12.1 Å². The first-order valence-corrected chi connectivity index (χ1v) is 7.51. The lowest BCUT2D eigenvalue weighted by Gasteiger charge is -2.25. The highest BCUT2D eigenvalue weighted by Gasteiger charge is 2.25. The Bertz CT molecular complexity index is 534. The highest BCUT2D eigenvalue weighted by Crippen LogP contribution is 2.21. The van der Waals surface area contributed by atoms with E-state index in [0.717, 1.165) is 12.1 Å². The molecule has 0 unspecified atom stereocenters. The van der Waals surface area contributed by atoms with Crippen molar-refractivity contribution in [3.8, 4) is 0 Å². The van der Waals surface area contributed by atoms with Crippen molar-refractivity contribution in [3.63, 3.8) is 0 Å². The molecule has 1 aromatic carbocycles. The van der Waals surface area contributed by atoms with Crippen LogP contribution in [0.25, 0.3) is 0 Å². The van der Waals surface area contributed by atoms with Crippen molar-refractivity contribution in [2.24, 2.45) is 0 Å². The molecule has 1 aliphatic rings. The number of sulfonamides is 1. The minimum atomic E-state index is -3.93. The van der Waals surface area contributed by atoms with Crippen LogP contribution in [0.5, 0.6) is 0 Å². The average Bonchev–Trinajstić information content (AvgIpc) is 2.31. The van der Waals surface area contributed by atoms with E-state index in [0.29, 0.717) is 31.7 Å². The zero-order valence-corrected chi connectivity index (χ0v) is 11.0. The Morgan fingerprint density at radius 1 is 1.05 bits per heavy atom. The third-order valence-corrected chi connectivity index (χ3v) is 4.66. The minimum Gasteiger partial charge on any atom is -0.393 e. The zero-order chi connectivity index (χ0) is 14.0. The van der Waals surface area contributed by atoms with Crippen molar-refractivity contribution in [2.75, 3.05) is 0 Å². The summed E-state index contributed by atoms with van der Waals surface area (Å²) in [7, 11) is -3.93. The van der Waals surface area contributed by atoms with Crippen LogP contribution in [0.2, 0.25) is 0 Å². The molecule has 0 amide bonds. The van der Waals surface area contributed by atoms with Gasteiger partial charge in [0.15, 0.2) is 0 Å². The molecule has 0 aromatic heterocycles. The van der Waals surface area contributed by atoms with Gasteiger partial charge >= 0.3 is 0 Å². The van der Waals surface area contributed by atoms with Crippen molar-refractivity contribution < 1.29 is 22.3 Å². The molecule has 0 heterocycles. The number of aliphatic hydroxyl groups is 1. The van der Waals surface area contributed by atoms with Crippen LogP contribution in [-0.4, -0.2) is 25.7 Å². The van der Waals surface area contributed by atoms with Crippen LogP contribution < -0.4 is 4.72 Å². The van der Waals surface area contributed by atoms with E-state index in [2.05, 4.69) is 4.72 Å². The van der Waals surface area contributed by atoms with E-state index in [4.69, 9.17) is 0 Å². The van der Waals surface area contributed by atoms with E-state index in [-0.39, 0.29) is 6.04 Å². The molecule has 0 aliphatic heterocycles. The lowest BCUT2D eigenvalue weighted by atomic mass is 9.94. The normalized spacial score (nSPS) is 24.4. The maximum atomic E-state index is 13.0. The number of rotatable bonds is 3. The largest absolute Gasteiger partial charge is 0.393 e. The monoisotopic (exact) mass is 291 g/mol. The molecular weight excluding hydrogens is 276 g/mol. The summed E-state index contributed by atoms with van der Waals surface area (Å²) in [5, 5.41) is 9.34. The smallest absolute Gasteiger partial charge is 0.241 e. The summed E-state index contributed by atoms with van der Waals surface area (Å²) in [4.78, 5) is -0.420. The third-order valence-electron chi connectivity index (χ3n) is 3.16. The second kappa shape index (κ2) is 5.52. The molecule has 4 nitrogen and oxygen atoms in total. The van der Waals surface area contributed by atoms with Gasteiger partial charge in [-0.15, -0.1) is 0 Å². The quantitative estimate of drug-likeness (QED) is 0.888. The first kappa shape index (κ1) is 14.4. The van der Waals surface area contributed by atoms with E-state index in [9.17, 15) is 22.3 Å². The molecule has 0 spiro atoms. The maximum Gasteiger partial charge on any atom is 0.241 e. The molecule has 1 fully saturated rings. The molecule has 7 heteroatoms. The summed E-state index contributed by atoms with van der Waals surface area (Å²) < 4.78 is 52.4. The molecule has 2 N–H and O–H groups in total. The summed E-state index contributed by atoms with van der Waals surface area (Å²) in [6.07, 6.45) is 1.67. The molecule has 0 atom stereocenters. The Labute approximate surface area is 110 Å². The van der Waals surface area contributed by atoms with Gasteiger partial charge in [-0.1, -0.05) is 0 Å². The Hall–Kier alpha value is -1.05. The highest BCUT2D eigenvalue weighted by molar-refractivity contribution is 7.89. The van der Waals surface area contributed by atoms with Gasteiger partial charge < -0.3 is 5.11 Å². The fraction of sp³-hybridized carbons (Fsp3) is 0.500. The molecule has 0 bridgehead atoms. The average molecular weight is 291 g/mol. The number of nitrogens with one attached hydrogen (secondary N) is 1. The number of halogens is 2. The lowest BCUT2D eigenvalue weighted by Crippen LogP contribution is -2.38. The third kappa shape index (κ3) is 3.71. The predicted molar refractivity (Wildman–Crippen MR) is 64.9 cm³/mol. The van der Waals surface area contributed by atoms with Crippen LogP contribution in [-0.2, 0) is 10.0 Å². The van der Waals surface area contributed by atoms with Crippen LogP contribution >= 0.6 is 0 Å². The first-order chi connectivity index (χ1) is 8.87. The molecule has 1 saturated carbocycles. The van der Waals surface area contributed by atoms with Crippen LogP contribution in [0.3, 0.4) is 0 Å². The fourth-order valence-electron chi connectivity index (χ4n) is 2.16. The van der Waals surface area contributed by atoms with E-state index in [1.54, 1.807) is 0 Å². The second-order valence-electron chi connectivity index (χ2n) is 4.73. The van der Waals surface area contributed by atoms with Crippen LogP contribution in [0.4, 0.5) is 8.78 Å². The van der Waals surface area contributed by atoms with Crippen molar-refractivity contribution >= 4 is 10.0 Å². The predicted octanol–water partition coefficient (Wildman–Crippen LogP) is 1.55. The van der Waals surface area contributed by atoms with Crippen molar-refractivity contribution in [1.29, 1.82) is 0 Å². The Morgan fingerprint density at radius 3 is 2.11 bits per heavy atom. The Kier molecular flexibility index (Phi) is 4.17. The van der Waals surface area contributed by atoms with Crippen LogP contribution in [0.1, 0.15) is 25.7 Å². The van der Waals surface area contributed by atoms with E-state index < -0.39 is 32.7 Å².